The van der Waals surface area contributed by atoms with Gasteiger partial charge in [-0.3, -0.25) is 14.4 Å². The lowest BCUT2D eigenvalue weighted by molar-refractivity contribution is -0.140. The molecular formula is C23H25F4N7O3. The number of fused-ring (bicyclic) bond motifs is 1. The number of rotatable bonds is 7. The van der Waals surface area contributed by atoms with Crippen molar-refractivity contribution in [1.82, 2.24) is 19.7 Å². The van der Waals surface area contributed by atoms with Gasteiger partial charge < -0.3 is 15.4 Å². The molecule has 1 fully saturated rings. The molecule has 0 radical (unpaired) electrons. The highest BCUT2D eigenvalue weighted by molar-refractivity contribution is 6.14. The standard InChI is InChI=1S/C23H25F4N7O3/c1-14-19-20(28-5-6-33-7-9-37-10-8-33)18(12-29-21(19)32(2)31-14)30-22(36)34(13-35)15-3-4-17(24)16(11-15)23(25,26)27/h3-4,11-13H,5-10H2,1-2H3,(H,28,29)(H,30,36). The predicted octanol–water partition coefficient (Wildman–Crippen LogP) is 3.37. The number of aromatic nitrogens is 3. The first-order valence-corrected chi connectivity index (χ1v) is 11.4. The zero-order valence-corrected chi connectivity index (χ0v) is 20.1. The van der Waals surface area contributed by atoms with Crippen molar-refractivity contribution in [3.63, 3.8) is 0 Å². The summed E-state index contributed by atoms with van der Waals surface area (Å²) in [6.45, 7) is 5.82. The highest BCUT2D eigenvalue weighted by Gasteiger charge is 2.35. The van der Waals surface area contributed by atoms with Crippen LogP contribution in [-0.4, -0.2) is 71.5 Å². The van der Waals surface area contributed by atoms with Gasteiger partial charge in [0, 0.05) is 33.2 Å². The van der Waals surface area contributed by atoms with Gasteiger partial charge in [-0.05, 0) is 25.1 Å². The highest BCUT2D eigenvalue weighted by atomic mass is 19.4. The first kappa shape index (κ1) is 26.3. The lowest BCUT2D eigenvalue weighted by Crippen LogP contribution is -2.39. The van der Waals surface area contributed by atoms with E-state index in [1.807, 2.05) is 0 Å². The van der Waals surface area contributed by atoms with Crippen molar-refractivity contribution in [3.8, 4) is 0 Å². The number of carbonyl (C=O) groups excluding carboxylic acids is 2. The van der Waals surface area contributed by atoms with Gasteiger partial charge in [0.1, 0.15) is 5.82 Å². The monoisotopic (exact) mass is 523 g/mol. The molecule has 0 aliphatic carbocycles. The van der Waals surface area contributed by atoms with Crippen LogP contribution in [0.3, 0.4) is 0 Å². The van der Waals surface area contributed by atoms with E-state index in [0.717, 1.165) is 19.2 Å². The molecule has 14 heteroatoms. The van der Waals surface area contributed by atoms with E-state index in [-0.39, 0.29) is 12.1 Å². The van der Waals surface area contributed by atoms with Crippen molar-refractivity contribution in [3.05, 3.63) is 41.5 Å². The summed E-state index contributed by atoms with van der Waals surface area (Å²) in [5.41, 5.74) is -0.168. The Bertz CT molecular complexity index is 1310. The average molecular weight is 523 g/mol. The molecule has 1 aromatic carbocycles. The zero-order valence-electron chi connectivity index (χ0n) is 20.1. The van der Waals surface area contributed by atoms with Crippen LogP contribution >= 0.6 is 0 Å². The largest absolute Gasteiger partial charge is 0.419 e. The van der Waals surface area contributed by atoms with Crippen LogP contribution in [0.2, 0.25) is 0 Å². The molecule has 3 heterocycles. The molecule has 0 bridgehead atoms. The molecule has 2 aromatic heterocycles. The van der Waals surface area contributed by atoms with Gasteiger partial charge in [0.2, 0.25) is 6.41 Å². The normalized spacial score (nSPS) is 14.5. The fourth-order valence-electron chi connectivity index (χ4n) is 4.14. The second-order valence-corrected chi connectivity index (χ2v) is 8.40. The van der Waals surface area contributed by atoms with Gasteiger partial charge in [-0.1, -0.05) is 0 Å². The molecule has 4 rings (SSSR count). The minimum absolute atomic E-state index is 0.0511. The van der Waals surface area contributed by atoms with Gasteiger partial charge in [0.05, 0.1) is 53.1 Å². The number of amides is 3. The Morgan fingerprint density at radius 3 is 2.68 bits per heavy atom. The van der Waals surface area contributed by atoms with Gasteiger partial charge in [-0.25, -0.2) is 19.1 Å². The summed E-state index contributed by atoms with van der Waals surface area (Å²) >= 11 is 0. The Morgan fingerprint density at radius 1 is 1.27 bits per heavy atom. The maximum Gasteiger partial charge on any atom is 0.419 e. The van der Waals surface area contributed by atoms with E-state index in [9.17, 15) is 27.2 Å². The zero-order chi connectivity index (χ0) is 26.7. The Hall–Kier alpha value is -3.78. The van der Waals surface area contributed by atoms with Gasteiger partial charge in [0.25, 0.3) is 0 Å². The number of anilines is 3. The molecule has 37 heavy (non-hydrogen) atoms. The fourth-order valence-corrected chi connectivity index (χ4v) is 4.14. The third-order valence-corrected chi connectivity index (χ3v) is 5.96. The van der Waals surface area contributed by atoms with E-state index in [1.54, 1.807) is 18.7 Å². The number of alkyl halides is 3. The van der Waals surface area contributed by atoms with Crippen molar-refractivity contribution < 1.29 is 31.9 Å². The minimum atomic E-state index is -5.00. The van der Waals surface area contributed by atoms with E-state index in [4.69, 9.17) is 4.74 Å². The third kappa shape index (κ3) is 5.64. The molecule has 3 amide bonds. The number of benzene rings is 1. The fraction of sp³-hybridized carbons (Fsp3) is 0.391. The van der Waals surface area contributed by atoms with Crippen LogP contribution in [0.1, 0.15) is 11.3 Å². The van der Waals surface area contributed by atoms with Crippen molar-refractivity contribution in [2.75, 3.05) is 54.9 Å². The molecule has 2 N–H and O–H groups in total. The Balaban J connectivity index is 1.62. The summed E-state index contributed by atoms with van der Waals surface area (Å²) in [4.78, 5) is 31.7. The Kier molecular flexibility index (Phi) is 7.59. The quantitative estimate of drug-likeness (QED) is 0.362. The van der Waals surface area contributed by atoms with Gasteiger partial charge >= 0.3 is 12.2 Å². The van der Waals surface area contributed by atoms with E-state index < -0.39 is 29.3 Å². The van der Waals surface area contributed by atoms with Crippen molar-refractivity contribution in [2.24, 2.45) is 7.05 Å². The van der Waals surface area contributed by atoms with Crippen LogP contribution in [-0.2, 0) is 22.8 Å². The van der Waals surface area contributed by atoms with Crippen LogP contribution in [0.15, 0.2) is 24.4 Å². The molecule has 3 aromatic rings. The molecule has 0 saturated carbocycles. The average Bonchev–Trinajstić information content (AvgIpc) is 3.14. The molecule has 10 nitrogen and oxygen atoms in total. The number of hydrogen-bond donors (Lipinski definition) is 2. The van der Waals surface area contributed by atoms with Crippen molar-refractivity contribution >= 4 is 40.5 Å². The summed E-state index contributed by atoms with van der Waals surface area (Å²) in [7, 11) is 1.72. The van der Waals surface area contributed by atoms with Gasteiger partial charge in [-0.2, -0.15) is 18.3 Å². The predicted molar refractivity (Wildman–Crippen MR) is 128 cm³/mol. The van der Waals surface area contributed by atoms with E-state index in [0.29, 0.717) is 65.8 Å². The summed E-state index contributed by atoms with van der Waals surface area (Å²) in [6, 6.07) is 0.811. The topological polar surface area (TPSA) is 105 Å². The lowest BCUT2D eigenvalue weighted by atomic mass is 10.1. The second kappa shape index (κ2) is 10.7. The highest BCUT2D eigenvalue weighted by Crippen LogP contribution is 2.35. The van der Waals surface area contributed by atoms with E-state index >= 15 is 0 Å². The third-order valence-electron chi connectivity index (χ3n) is 5.96. The van der Waals surface area contributed by atoms with Crippen LogP contribution in [0, 0.1) is 12.7 Å². The number of nitrogens with one attached hydrogen (secondary N) is 2. The lowest BCUT2D eigenvalue weighted by Gasteiger charge is -2.27. The molecule has 0 unspecified atom stereocenters. The number of urea groups is 1. The van der Waals surface area contributed by atoms with Crippen molar-refractivity contribution in [2.45, 2.75) is 13.1 Å². The molecule has 0 atom stereocenters. The van der Waals surface area contributed by atoms with Crippen LogP contribution < -0.4 is 15.5 Å². The maximum absolute atomic E-state index is 13.7. The Labute approximate surface area is 209 Å². The van der Waals surface area contributed by atoms with E-state index in [2.05, 4.69) is 25.6 Å². The number of aryl methyl sites for hydroxylation is 2. The number of carbonyl (C=O) groups is 2. The number of ether oxygens (including phenoxy) is 1. The second-order valence-electron chi connectivity index (χ2n) is 8.40. The first-order valence-electron chi connectivity index (χ1n) is 11.4. The smallest absolute Gasteiger partial charge is 0.381 e. The summed E-state index contributed by atoms with van der Waals surface area (Å²) in [5.74, 6) is -1.52. The number of imide groups is 1. The number of halogens is 4. The van der Waals surface area contributed by atoms with Crippen LogP contribution in [0.25, 0.3) is 11.0 Å². The minimum Gasteiger partial charge on any atom is -0.381 e. The van der Waals surface area contributed by atoms with Crippen molar-refractivity contribution in [1.29, 1.82) is 0 Å². The van der Waals surface area contributed by atoms with Crippen LogP contribution in [0.5, 0.6) is 0 Å². The number of nitrogens with zero attached hydrogens (tertiary/aromatic N) is 5. The number of hydrogen-bond acceptors (Lipinski definition) is 7. The Morgan fingerprint density at radius 2 is 2.00 bits per heavy atom. The molecule has 1 aliphatic heterocycles. The SMILES string of the molecule is Cc1nn(C)c2ncc(NC(=O)N(C=O)c3ccc(F)c(C(F)(F)F)c3)c(NCCN3CCOCC3)c12. The molecule has 1 saturated heterocycles. The number of pyridine rings is 1. The molecule has 198 valence electrons. The van der Waals surface area contributed by atoms with Gasteiger partial charge in [0.15, 0.2) is 5.65 Å². The number of morpholine rings is 1. The first-order chi connectivity index (χ1) is 17.6. The maximum atomic E-state index is 13.7. The van der Waals surface area contributed by atoms with E-state index in [1.165, 1.54) is 6.20 Å². The summed E-state index contributed by atoms with van der Waals surface area (Å²) < 4.78 is 60.1. The molecule has 0 spiro atoms. The van der Waals surface area contributed by atoms with Gasteiger partial charge in [-0.15, -0.1) is 0 Å². The molecular weight excluding hydrogens is 498 g/mol. The van der Waals surface area contributed by atoms with Crippen LogP contribution in [0.4, 0.5) is 39.4 Å². The summed E-state index contributed by atoms with van der Waals surface area (Å²) in [6.07, 6.45) is -3.59. The molecule has 1 aliphatic rings. The summed E-state index contributed by atoms with van der Waals surface area (Å²) in [5, 5.41) is 10.9.